The number of aromatic nitrogens is 3. The molecular formula is C16H14N4OS. The summed E-state index contributed by atoms with van der Waals surface area (Å²) in [6.07, 6.45) is 1.64. The van der Waals surface area contributed by atoms with Crippen LogP contribution in [-0.4, -0.2) is 14.8 Å². The molecule has 0 saturated carbocycles. The minimum absolute atomic E-state index is 0.164. The minimum Gasteiger partial charge on any atom is -0.375 e. The topological polar surface area (TPSA) is 73.8 Å². The van der Waals surface area contributed by atoms with E-state index in [1.807, 2.05) is 30.3 Å². The van der Waals surface area contributed by atoms with E-state index in [1.165, 1.54) is 22.1 Å². The minimum atomic E-state index is -0.164. The summed E-state index contributed by atoms with van der Waals surface area (Å²) in [4.78, 5) is 17.0. The second-order valence-electron chi connectivity index (χ2n) is 4.62. The summed E-state index contributed by atoms with van der Waals surface area (Å²) in [6, 6.07) is 13.0. The molecule has 0 radical (unpaired) electrons. The average Bonchev–Trinajstić information content (AvgIpc) is 2.92. The van der Waals surface area contributed by atoms with E-state index in [-0.39, 0.29) is 5.56 Å². The first kappa shape index (κ1) is 14.2. The van der Waals surface area contributed by atoms with Crippen LogP contribution in [0.15, 0.2) is 59.9 Å². The zero-order valence-electron chi connectivity index (χ0n) is 11.8. The molecule has 0 unspecified atom stereocenters. The zero-order valence-corrected chi connectivity index (χ0v) is 12.6. The van der Waals surface area contributed by atoms with Gasteiger partial charge in [-0.05, 0) is 6.07 Å². The van der Waals surface area contributed by atoms with Crippen LogP contribution in [0.5, 0.6) is 0 Å². The second-order valence-corrected chi connectivity index (χ2v) is 5.65. The first-order valence-corrected chi connectivity index (χ1v) is 7.52. The van der Waals surface area contributed by atoms with Gasteiger partial charge in [-0.25, -0.2) is 9.67 Å². The Hall–Kier alpha value is -2.73. The van der Waals surface area contributed by atoms with Crippen molar-refractivity contribution in [1.29, 1.82) is 0 Å². The molecule has 0 saturated heterocycles. The van der Waals surface area contributed by atoms with Crippen LogP contribution in [0.25, 0.3) is 21.8 Å². The molecule has 0 aliphatic heterocycles. The van der Waals surface area contributed by atoms with Crippen LogP contribution in [0.2, 0.25) is 0 Å². The third-order valence-corrected chi connectivity index (χ3v) is 4.00. The van der Waals surface area contributed by atoms with Gasteiger partial charge in [-0.3, -0.25) is 4.79 Å². The van der Waals surface area contributed by atoms with Gasteiger partial charge in [0.25, 0.3) is 5.56 Å². The van der Waals surface area contributed by atoms with Crippen molar-refractivity contribution in [2.24, 2.45) is 0 Å². The van der Waals surface area contributed by atoms with Crippen molar-refractivity contribution < 1.29 is 0 Å². The van der Waals surface area contributed by atoms with E-state index in [0.29, 0.717) is 17.4 Å². The molecule has 110 valence electrons. The summed E-state index contributed by atoms with van der Waals surface area (Å²) in [7, 11) is 0. The first-order valence-electron chi connectivity index (χ1n) is 6.70. The molecule has 0 fully saturated rings. The van der Waals surface area contributed by atoms with Crippen LogP contribution < -0.4 is 11.3 Å². The fraction of sp³-hybridized carbons (Fsp3) is 0.0625. The highest BCUT2D eigenvalue weighted by Crippen LogP contribution is 2.36. The van der Waals surface area contributed by atoms with Gasteiger partial charge in [-0.1, -0.05) is 47.7 Å². The predicted molar refractivity (Wildman–Crippen MR) is 89.7 cm³/mol. The van der Waals surface area contributed by atoms with E-state index in [0.717, 1.165) is 16.1 Å². The number of allylic oxidation sites excluding steroid dienone is 1. The quantitative estimate of drug-likeness (QED) is 0.752. The van der Waals surface area contributed by atoms with E-state index in [1.54, 1.807) is 12.1 Å². The molecule has 2 aromatic heterocycles. The first-order chi connectivity index (χ1) is 10.7. The maximum atomic E-state index is 11.8. The number of nitrogen functional groups attached to an aromatic ring is 1. The lowest BCUT2D eigenvalue weighted by Crippen LogP contribution is -2.21. The Morgan fingerprint density at radius 3 is 2.73 bits per heavy atom. The maximum Gasteiger partial charge on any atom is 0.267 e. The highest BCUT2D eigenvalue weighted by Gasteiger charge is 2.15. The molecule has 6 heteroatoms. The molecule has 0 aliphatic carbocycles. The van der Waals surface area contributed by atoms with Crippen molar-refractivity contribution in [2.75, 3.05) is 5.73 Å². The van der Waals surface area contributed by atoms with Crippen molar-refractivity contribution in [2.45, 2.75) is 6.54 Å². The highest BCUT2D eigenvalue weighted by molar-refractivity contribution is 7.19. The number of rotatable bonds is 4. The smallest absolute Gasteiger partial charge is 0.267 e. The van der Waals surface area contributed by atoms with E-state index >= 15 is 0 Å². The van der Waals surface area contributed by atoms with Crippen molar-refractivity contribution in [3.8, 4) is 21.8 Å². The van der Waals surface area contributed by atoms with Gasteiger partial charge in [0.2, 0.25) is 0 Å². The summed E-state index contributed by atoms with van der Waals surface area (Å²) < 4.78 is 1.37. The summed E-state index contributed by atoms with van der Waals surface area (Å²) in [5, 5.41) is 4.85. The Labute approximate surface area is 131 Å². The monoisotopic (exact) mass is 310 g/mol. The lowest BCUT2D eigenvalue weighted by Gasteiger charge is -2.05. The van der Waals surface area contributed by atoms with Gasteiger partial charge in [0, 0.05) is 11.6 Å². The largest absolute Gasteiger partial charge is 0.375 e. The third-order valence-electron chi connectivity index (χ3n) is 3.09. The van der Waals surface area contributed by atoms with Gasteiger partial charge in [0.05, 0.1) is 17.1 Å². The van der Waals surface area contributed by atoms with Crippen molar-refractivity contribution in [1.82, 2.24) is 14.8 Å². The fourth-order valence-corrected chi connectivity index (χ4v) is 2.94. The SMILES string of the molecule is C=CCn1nc(-c2sc(N)nc2-c2ccccc2)ccc1=O. The molecule has 0 amide bonds. The van der Waals surface area contributed by atoms with Crippen LogP contribution in [0.4, 0.5) is 5.13 Å². The normalized spacial score (nSPS) is 10.5. The molecule has 3 aromatic rings. The van der Waals surface area contributed by atoms with Gasteiger partial charge in [0.1, 0.15) is 5.69 Å². The molecule has 3 rings (SSSR count). The number of hydrogen-bond acceptors (Lipinski definition) is 5. The van der Waals surface area contributed by atoms with E-state index in [2.05, 4.69) is 16.7 Å². The van der Waals surface area contributed by atoms with Gasteiger partial charge >= 0.3 is 0 Å². The standard InChI is InChI=1S/C16H14N4OS/c1-2-10-20-13(21)9-8-12(19-20)15-14(18-16(17)22-15)11-6-4-3-5-7-11/h2-9H,1,10H2,(H2,17,18). The van der Waals surface area contributed by atoms with Crippen LogP contribution in [0, 0.1) is 0 Å². The number of nitrogens with zero attached hydrogens (tertiary/aromatic N) is 3. The molecule has 2 heterocycles. The van der Waals surface area contributed by atoms with Crippen molar-refractivity contribution >= 4 is 16.5 Å². The number of anilines is 1. The molecule has 5 nitrogen and oxygen atoms in total. The number of thiazole rings is 1. The average molecular weight is 310 g/mol. The number of benzene rings is 1. The summed E-state index contributed by atoms with van der Waals surface area (Å²) >= 11 is 1.36. The highest BCUT2D eigenvalue weighted by atomic mass is 32.1. The number of nitrogens with two attached hydrogens (primary N) is 1. The Morgan fingerprint density at radius 2 is 2.00 bits per heavy atom. The summed E-state index contributed by atoms with van der Waals surface area (Å²) in [6.45, 7) is 4.00. The predicted octanol–water partition coefficient (Wildman–Crippen LogP) is 2.80. The Balaban J connectivity index is 2.15. The molecule has 1 aromatic carbocycles. The van der Waals surface area contributed by atoms with Crippen LogP contribution in [-0.2, 0) is 6.54 Å². The van der Waals surface area contributed by atoms with Gasteiger partial charge in [0.15, 0.2) is 5.13 Å². The summed E-state index contributed by atoms with van der Waals surface area (Å²) in [5.41, 5.74) is 8.13. The van der Waals surface area contributed by atoms with Crippen molar-refractivity contribution in [3.05, 3.63) is 65.5 Å². The second kappa shape index (κ2) is 5.95. The van der Waals surface area contributed by atoms with Gasteiger partial charge < -0.3 is 5.73 Å². The van der Waals surface area contributed by atoms with Gasteiger partial charge in [-0.2, -0.15) is 5.10 Å². The lowest BCUT2D eigenvalue weighted by molar-refractivity contribution is 0.656. The van der Waals surface area contributed by atoms with E-state index in [9.17, 15) is 4.79 Å². The van der Waals surface area contributed by atoms with Crippen LogP contribution in [0.3, 0.4) is 0 Å². The molecule has 0 bridgehead atoms. The molecule has 2 N–H and O–H groups in total. The fourth-order valence-electron chi connectivity index (χ4n) is 2.13. The van der Waals surface area contributed by atoms with E-state index in [4.69, 9.17) is 5.73 Å². The number of hydrogen-bond donors (Lipinski definition) is 1. The Kier molecular flexibility index (Phi) is 3.84. The molecule has 22 heavy (non-hydrogen) atoms. The Morgan fingerprint density at radius 1 is 1.23 bits per heavy atom. The van der Waals surface area contributed by atoms with Crippen molar-refractivity contribution in [3.63, 3.8) is 0 Å². The summed E-state index contributed by atoms with van der Waals surface area (Å²) in [5.74, 6) is 0. The maximum absolute atomic E-state index is 11.8. The molecular weight excluding hydrogens is 296 g/mol. The molecule has 0 atom stereocenters. The third kappa shape index (κ3) is 2.68. The zero-order chi connectivity index (χ0) is 15.5. The Bertz CT molecular complexity index is 867. The van der Waals surface area contributed by atoms with E-state index < -0.39 is 0 Å². The van der Waals surface area contributed by atoms with Gasteiger partial charge in [-0.15, -0.1) is 6.58 Å². The van der Waals surface area contributed by atoms with Crippen LogP contribution in [0.1, 0.15) is 0 Å². The molecule has 0 spiro atoms. The molecule has 0 aliphatic rings. The van der Waals surface area contributed by atoms with Crippen LogP contribution >= 0.6 is 11.3 Å². The lowest BCUT2D eigenvalue weighted by atomic mass is 10.1.